The highest BCUT2D eigenvalue weighted by atomic mass is 79.9. The fourth-order valence-electron chi connectivity index (χ4n) is 2.20. The third-order valence-electron chi connectivity index (χ3n) is 3.13. The Morgan fingerprint density at radius 3 is 2.30 bits per heavy atom. The van der Waals surface area contributed by atoms with Gasteiger partial charge in [-0.2, -0.15) is 0 Å². The number of benzene rings is 3. The largest absolute Gasteiger partial charge is 0.507 e. The Balaban J connectivity index is 2.26. The summed E-state index contributed by atoms with van der Waals surface area (Å²) in [6.07, 6.45) is 0. The predicted molar refractivity (Wildman–Crippen MR) is 78.7 cm³/mol. The van der Waals surface area contributed by atoms with Gasteiger partial charge in [-0.1, -0.05) is 22.0 Å². The topological polar surface area (TPSA) is 20.2 Å². The van der Waals surface area contributed by atoms with Crippen molar-refractivity contribution in [1.82, 2.24) is 0 Å². The number of aromatic hydroxyl groups is 1. The number of fused-ring (bicyclic) bond motifs is 1. The second-order valence-electron chi connectivity index (χ2n) is 4.48. The summed E-state index contributed by atoms with van der Waals surface area (Å²) in [6.45, 7) is 0. The average molecular weight is 335 g/mol. The summed E-state index contributed by atoms with van der Waals surface area (Å²) in [4.78, 5) is 0. The Hall–Kier alpha value is -1.94. The van der Waals surface area contributed by atoms with E-state index in [1.807, 2.05) is 0 Å². The van der Waals surface area contributed by atoms with Gasteiger partial charge in [0.2, 0.25) is 0 Å². The lowest BCUT2D eigenvalue weighted by atomic mass is 10.0. The highest BCUT2D eigenvalue weighted by molar-refractivity contribution is 9.10. The maximum atomic E-state index is 13.3. The van der Waals surface area contributed by atoms with Crippen LogP contribution < -0.4 is 0 Å². The third-order valence-corrected chi connectivity index (χ3v) is 3.79. The van der Waals surface area contributed by atoms with Crippen molar-refractivity contribution < 1.29 is 13.9 Å². The first-order valence-electron chi connectivity index (χ1n) is 5.92. The van der Waals surface area contributed by atoms with E-state index in [4.69, 9.17) is 0 Å². The quantitative estimate of drug-likeness (QED) is 0.644. The molecule has 0 aliphatic carbocycles. The van der Waals surface area contributed by atoms with E-state index in [0.29, 0.717) is 20.8 Å². The van der Waals surface area contributed by atoms with Crippen LogP contribution in [0.15, 0.2) is 53.0 Å². The van der Waals surface area contributed by atoms with Crippen molar-refractivity contribution >= 4 is 26.7 Å². The Morgan fingerprint density at radius 2 is 1.55 bits per heavy atom. The van der Waals surface area contributed by atoms with Crippen LogP contribution in [-0.2, 0) is 0 Å². The molecule has 0 radical (unpaired) electrons. The number of phenolic OH excluding ortho intramolecular Hbond substituents is 1. The fraction of sp³-hybridized carbons (Fsp3) is 0. The van der Waals surface area contributed by atoms with Crippen molar-refractivity contribution in [1.29, 1.82) is 0 Å². The van der Waals surface area contributed by atoms with Crippen LogP contribution >= 0.6 is 15.9 Å². The van der Waals surface area contributed by atoms with E-state index < -0.39 is 0 Å². The van der Waals surface area contributed by atoms with Crippen molar-refractivity contribution in [3.05, 3.63) is 64.6 Å². The molecule has 20 heavy (non-hydrogen) atoms. The molecule has 0 aromatic heterocycles. The van der Waals surface area contributed by atoms with Crippen molar-refractivity contribution in [2.24, 2.45) is 0 Å². The van der Waals surface area contributed by atoms with E-state index >= 15 is 0 Å². The van der Waals surface area contributed by atoms with Gasteiger partial charge >= 0.3 is 0 Å². The van der Waals surface area contributed by atoms with Crippen molar-refractivity contribution in [2.75, 3.05) is 0 Å². The van der Waals surface area contributed by atoms with Crippen molar-refractivity contribution in [3.63, 3.8) is 0 Å². The normalized spacial score (nSPS) is 10.9. The summed E-state index contributed by atoms with van der Waals surface area (Å²) < 4.78 is 27.0. The molecule has 3 aromatic rings. The zero-order chi connectivity index (χ0) is 14.3. The van der Waals surface area contributed by atoms with Gasteiger partial charge in [-0.3, -0.25) is 0 Å². The molecule has 0 heterocycles. The van der Waals surface area contributed by atoms with Gasteiger partial charge in [-0.25, -0.2) is 8.78 Å². The maximum absolute atomic E-state index is 13.3. The van der Waals surface area contributed by atoms with E-state index in [2.05, 4.69) is 15.9 Å². The number of phenols is 1. The van der Waals surface area contributed by atoms with E-state index in [1.54, 1.807) is 18.2 Å². The van der Waals surface area contributed by atoms with Gasteiger partial charge in [0.15, 0.2) is 0 Å². The van der Waals surface area contributed by atoms with Crippen LogP contribution in [0.1, 0.15) is 0 Å². The smallest absolute Gasteiger partial charge is 0.124 e. The van der Waals surface area contributed by atoms with Gasteiger partial charge in [0.05, 0.1) is 0 Å². The summed E-state index contributed by atoms with van der Waals surface area (Å²) in [5.41, 5.74) is 1.42. The highest BCUT2D eigenvalue weighted by Gasteiger charge is 2.09. The third kappa shape index (κ3) is 2.27. The van der Waals surface area contributed by atoms with Crippen LogP contribution in [0.4, 0.5) is 8.78 Å². The number of rotatable bonds is 1. The zero-order valence-corrected chi connectivity index (χ0v) is 11.8. The SMILES string of the molecule is Oc1cc(-c2ccc(F)cc2Br)cc2cc(F)ccc12. The molecular weight excluding hydrogens is 326 g/mol. The van der Waals surface area contributed by atoms with Crippen LogP contribution in [0.3, 0.4) is 0 Å². The average Bonchev–Trinajstić information content (AvgIpc) is 2.37. The molecule has 4 heteroatoms. The first-order chi connectivity index (χ1) is 9.54. The van der Waals surface area contributed by atoms with Crippen molar-refractivity contribution in [3.8, 4) is 16.9 Å². The number of hydrogen-bond donors (Lipinski definition) is 1. The summed E-state index contributed by atoms with van der Waals surface area (Å²) >= 11 is 3.29. The standard InChI is InChI=1S/C16H9BrF2O/c17-15-8-12(19)1-3-13(15)10-5-9-6-11(18)2-4-14(9)16(20)7-10/h1-8,20H. The molecule has 0 aliphatic rings. The summed E-state index contributed by atoms with van der Waals surface area (Å²) in [5, 5.41) is 11.2. The van der Waals surface area contributed by atoms with E-state index in [1.165, 1.54) is 30.3 Å². The summed E-state index contributed by atoms with van der Waals surface area (Å²) in [5.74, 6) is -0.655. The molecule has 0 atom stereocenters. The van der Waals surface area contributed by atoms with Gasteiger partial charge in [-0.15, -0.1) is 0 Å². The molecule has 0 aliphatic heterocycles. The molecule has 3 rings (SSSR count). The summed E-state index contributed by atoms with van der Waals surface area (Å²) in [7, 11) is 0. The minimum Gasteiger partial charge on any atom is -0.507 e. The van der Waals surface area contributed by atoms with Gasteiger partial charge < -0.3 is 5.11 Å². The van der Waals surface area contributed by atoms with E-state index in [0.717, 1.165) is 5.56 Å². The van der Waals surface area contributed by atoms with Crippen LogP contribution in [-0.4, -0.2) is 5.11 Å². The van der Waals surface area contributed by atoms with E-state index in [-0.39, 0.29) is 17.4 Å². The van der Waals surface area contributed by atoms with Crippen molar-refractivity contribution in [2.45, 2.75) is 0 Å². The van der Waals surface area contributed by atoms with Gasteiger partial charge in [0, 0.05) is 9.86 Å². The van der Waals surface area contributed by atoms with Gasteiger partial charge in [-0.05, 0) is 59.0 Å². The monoisotopic (exact) mass is 334 g/mol. The molecule has 0 saturated carbocycles. The fourth-order valence-corrected chi connectivity index (χ4v) is 2.78. The lowest BCUT2D eigenvalue weighted by Gasteiger charge is -2.09. The first kappa shape index (κ1) is 13.1. The predicted octanol–water partition coefficient (Wildman–Crippen LogP) is 5.25. The number of halogens is 3. The van der Waals surface area contributed by atoms with Crippen LogP contribution in [0.5, 0.6) is 5.75 Å². The second-order valence-corrected chi connectivity index (χ2v) is 5.34. The molecule has 100 valence electrons. The minimum absolute atomic E-state index is 0.0636. The van der Waals surface area contributed by atoms with Crippen LogP contribution in [0.25, 0.3) is 21.9 Å². The molecule has 1 N–H and O–H groups in total. The van der Waals surface area contributed by atoms with Gasteiger partial charge in [0.1, 0.15) is 17.4 Å². The van der Waals surface area contributed by atoms with E-state index in [9.17, 15) is 13.9 Å². The lowest BCUT2D eigenvalue weighted by Crippen LogP contribution is -1.84. The van der Waals surface area contributed by atoms with Gasteiger partial charge in [0.25, 0.3) is 0 Å². The van der Waals surface area contributed by atoms with Crippen LogP contribution in [0, 0.1) is 11.6 Å². The second kappa shape index (κ2) is 4.87. The highest BCUT2D eigenvalue weighted by Crippen LogP contribution is 2.35. The molecular formula is C16H9BrF2O. The summed E-state index contributed by atoms with van der Waals surface area (Å²) in [6, 6.07) is 11.8. The number of hydrogen-bond acceptors (Lipinski definition) is 1. The Kier molecular flexibility index (Phi) is 3.18. The molecule has 0 unspecified atom stereocenters. The molecule has 0 fully saturated rings. The maximum Gasteiger partial charge on any atom is 0.124 e. The molecule has 0 saturated heterocycles. The molecule has 3 aromatic carbocycles. The molecule has 1 nitrogen and oxygen atoms in total. The molecule has 0 bridgehead atoms. The molecule has 0 spiro atoms. The Morgan fingerprint density at radius 1 is 0.850 bits per heavy atom. The first-order valence-corrected chi connectivity index (χ1v) is 6.71. The Labute approximate surface area is 122 Å². The van der Waals surface area contributed by atoms with Crippen LogP contribution in [0.2, 0.25) is 0 Å². The zero-order valence-electron chi connectivity index (χ0n) is 10.2. The Bertz CT molecular complexity index is 815. The molecule has 0 amide bonds. The minimum atomic E-state index is -0.368. The lowest BCUT2D eigenvalue weighted by molar-refractivity contribution is 0.482.